The Morgan fingerprint density at radius 2 is 2.00 bits per heavy atom. The van der Waals surface area contributed by atoms with E-state index in [-0.39, 0.29) is 5.82 Å². The molecule has 2 aliphatic rings. The van der Waals surface area contributed by atoms with Gasteiger partial charge in [0.1, 0.15) is 5.82 Å². The van der Waals surface area contributed by atoms with Gasteiger partial charge >= 0.3 is 0 Å². The molecular weight excluding hydrogens is 251 g/mol. The first-order valence-electron chi connectivity index (χ1n) is 7.93. The second-order valence-corrected chi connectivity index (χ2v) is 6.32. The molecule has 2 saturated heterocycles. The van der Waals surface area contributed by atoms with E-state index in [9.17, 15) is 4.39 Å². The first kappa shape index (κ1) is 14.0. The van der Waals surface area contributed by atoms with Crippen LogP contribution in [0.3, 0.4) is 0 Å². The first-order chi connectivity index (χ1) is 9.75. The molecule has 1 atom stereocenters. The summed E-state index contributed by atoms with van der Waals surface area (Å²) in [5.41, 5.74) is 1.23. The maximum atomic E-state index is 14.2. The minimum absolute atomic E-state index is 0.0292. The molecule has 1 unspecified atom stereocenters. The van der Waals surface area contributed by atoms with Crippen molar-refractivity contribution in [3.8, 4) is 0 Å². The highest BCUT2D eigenvalue weighted by Gasteiger charge is 2.43. The molecule has 2 heterocycles. The molecule has 3 heteroatoms. The predicted octanol–water partition coefficient (Wildman–Crippen LogP) is 3.00. The smallest absolute Gasteiger partial charge is 0.126 e. The van der Waals surface area contributed by atoms with Crippen LogP contribution in [-0.4, -0.2) is 37.6 Å². The van der Waals surface area contributed by atoms with Gasteiger partial charge in [0.25, 0.3) is 0 Å². The van der Waals surface area contributed by atoms with Gasteiger partial charge in [0.2, 0.25) is 0 Å². The average molecular weight is 276 g/mol. The third-order valence-electron chi connectivity index (χ3n) is 5.47. The number of hydrogen-bond donors (Lipinski definition) is 1. The van der Waals surface area contributed by atoms with E-state index >= 15 is 0 Å². The first-order valence-corrected chi connectivity index (χ1v) is 7.93. The summed E-state index contributed by atoms with van der Waals surface area (Å²) in [5.74, 6) is 0.301. The lowest BCUT2D eigenvalue weighted by molar-refractivity contribution is 0.0551. The molecule has 20 heavy (non-hydrogen) atoms. The number of hydrogen-bond acceptors (Lipinski definition) is 2. The molecule has 110 valence electrons. The van der Waals surface area contributed by atoms with E-state index in [4.69, 9.17) is 0 Å². The van der Waals surface area contributed by atoms with Crippen LogP contribution in [0.4, 0.5) is 4.39 Å². The van der Waals surface area contributed by atoms with Gasteiger partial charge in [0.05, 0.1) is 0 Å². The topological polar surface area (TPSA) is 15.3 Å². The van der Waals surface area contributed by atoms with Gasteiger partial charge < -0.3 is 10.2 Å². The monoisotopic (exact) mass is 276 g/mol. The molecule has 0 radical (unpaired) electrons. The van der Waals surface area contributed by atoms with Crippen molar-refractivity contribution in [1.29, 1.82) is 0 Å². The molecule has 0 saturated carbocycles. The lowest BCUT2D eigenvalue weighted by Crippen LogP contribution is -2.50. The maximum Gasteiger partial charge on any atom is 0.126 e. The standard InChI is InChI=1S/C17H25FN2/c1-2-20-11-8-17(9-12-20)7-10-19-13-15(17)14-5-3-4-6-16(14)18/h3-6,15,19H,2,7-13H2,1H3. The molecule has 0 aliphatic carbocycles. The van der Waals surface area contributed by atoms with Crippen LogP contribution in [0.25, 0.3) is 0 Å². The quantitative estimate of drug-likeness (QED) is 0.893. The Morgan fingerprint density at radius 3 is 2.70 bits per heavy atom. The molecule has 0 bridgehead atoms. The van der Waals surface area contributed by atoms with E-state index in [1.54, 1.807) is 12.1 Å². The van der Waals surface area contributed by atoms with Gasteiger partial charge in [0, 0.05) is 12.5 Å². The third-order valence-corrected chi connectivity index (χ3v) is 5.47. The van der Waals surface area contributed by atoms with Gasteiger partial charge in [-0.25, -0.2) is 4.39 Å². The van der Waals surface area contributed by atoms with Crippen molar-refractivity contribution >= 4 is 0 Å². The van der Waals surface area contributed by atoms with Crippen molar-refractivity contribution < 1.29 is 4.39 Å². The van der Waals surface area contributed by atoms with Crippen LogP contribution in [0.2, 0.25) is 0 Å². The van der Waals surface area contributed by atoms with Crippen molar-refractivity contribution in [3.05, 3.63) is 35.6 Å². The van der Waals surface area contributed by atoms with E-state index in [0.29, 0.717) is 11.3 Å². The summed E-state index contributed by atoms with van der Waals surface area (Å²) in [7, 11) is 0. The second-order valence-electron chi connectivity index (χ2n) is 6.32. The van der Waals surface area contributed by atoms with Crippen molar-refractivity contribution in [3.63, 3.8) is 0 Å². The van der Waals surface area contributed by atoms with Crippen LogP contribution >= 0.6 is 0 Å². The highest BCUT2D eigenvalue weighted by atomic mass is 19.1. The lowest BCUT2D eigenvalue weighted by Gasteiger charge is -2.49. The van der Waals surface area contributed by atoms with E-state index in [0.717, 1.165) is 25.2 Å². The molecule has 1 N–H and O–H groups in total. The number of benzene rings is 1. The van der Waals surface area contributed by atoms with Gasteiger partial charge in [-0.15, -0.1) is 0 Å². The summed E-state index contributed by atoms with van der Waals surface area (Å²) < 4.78 is 14.2. The summed E-state index contributed by atoms with van der Waals surface area (Å²) >= 11 is 0. The average Bonchev–Trinajstić information content (AvgIpc) is 2.50. The van der Waals surface area contributed by atoms with E-state index in [2.05, 4.69) is 17.1 Å². The predicted molar refractivity (Wildman–Crippen MR) is 80.4 cm³/mol. The number of halogens is 1. The normalized spacial score (nSPS) is 26.8. The fourth-order valence-electron chi connectivity index (χ4n) is 4.09. The summed E-state index contributed by atoms with van der Waals surface area (Å²) in [6, 6.07) is 7.36. The van der Waals surface area contributed by atoms with Crippen LogP contribution < -0.4 is 5.32 Å². The molecular formula is C17H25FN2. The highest BCUT2D eigenvalue weighted by Crippen LogP contribution is 2.48. The van der Waals surface area contributed by atoms with Crippen molar-refractivity contribution in [1.82, 2.24) is 10.2 Å². The van der Waals surface area contributed by atoms with Crippen molar-refractivity contribution in [2.45, 2.75) is 32.1 Å². The molecule has 1 aromatic rings. The number of nitrogens with one attached hydrogen (secondary N) is 1. The number of rotatable bonds is 2. The summed E-state index contributed by atoms with van der Waals surface area (Å²) in [6.07, 6.45) is 3.60. The Morgan fingerprint density at radius 1 is 1.25 bits per heavy atom. The lowest BCUT2D eigenvalue weighted by atomic mass is 9.62. The molecule has 3 rings (SSSR count). The summed E-state index contributed by atoms with van der Waals surface area (Å²) in [5, 5.41) is 3.48. The van der Waals surface area contributed by atoms with E-state index in [1.165, 1.54) is 32.4 Å². The van der Waals surface area contributed by atoms with Crippen LogP contribution in [0.5, 0.6) is 0 Å². The minimum Gasteiger partial charge on any atom is -0.316 e. The molecule has 2 nitrogen and oxygen atoms in total. The van der Waals surface area contributed by atoms with E-state index < -0.39 is 0 Å². The molecule has 0 aromatic heterocycles. The largest absolute Gasteiger partial charge is 0.316 e. The number of likely N-dealkylation sites (tertiary alicyclic amines) is 1. The Hall–Kier alpha value is -0.930. The van der Waals surface area contributed by atoms with Gasteiger partial charge in [0.15, 0.2) is 0 Å². The summed E-state index contributed by atoms with van der Waals surface area (Å²) in [4.78, 5) is 2.52. The van der Waals surface area contributed by atoms with Gasteiger partial charge in [-0.05, 0) is 62.5 Å². The number of nitrogens with zero attached hydrogens (tertiary/aromatic N) is 1. The zero-order valence-electron chi connectivity index (χ0n) is 12.4. The molecule has 0 amide bonds. The zero-order chi connectivity index (χ0) is 14.0. The molecule has 2 aliphatic heterocycles. The third kappa shape index (κ3) is 2.49. The Labute approximate surface area is 121 Å². The van der Waals surface area contributed by atoms with Crippen molar-refractivity contribution in [2.75, 3.05) is 32.7 Å². The number of piperidine rings is 2. The Kier molecular flexibility index (Phi) is 4.08. The highest BCUT2D eigenvalue weighted by molar-refractivity contribution is 5.26. The Balaban J connectivity index is 1.86. The van der Waals surface area contributed by atoms with Crippen LogP contribution in [-0.2, 0) is 0 Å². The second kappa shape index (κ2) is 5.82. The molecule has 1 spiro atoms. The fraction of sp³-hybridized carbons (Fsp3) is 0.647. The van der Waals surface area contributed by atoms with Gasteiger partial charge in [-0.2, -0.15) is 0 Å². The van der Waals surface area contributed by atoms with Gasteiger partial charge in [-0.3, -0.25) is 0 Å². The minimum atomic E-state index is -0.0292. The molecule has 1 aromatic carbocycles. The van der Waals surface area contributed by atoms with Crippen LogP contribution in [0.15, 0.2) is 24.3 Å². The van der Waals surface area contributed by atoms with Crippen molar-refractivity contribution in [2.24, 2.45) is 5.41 Å². The van der Waals surface area contributed by atoms with E-state index in [1.807, 2.05) is 12.1 Å². The summed E-state index contributed by atoms with van der Waals surface area (Å²) in [6.45, 7) is 7.71. The van der Waals surface area contributed by atoms with Gasteiger partial charge in [-0.1, -0.05) is 25.1 Å². The molecule has 2 fully saturated rings. The Bertz CT molecular complexity index is 452. The SMILES string of the molecule is CCN1CCC2(CCNCC2c2ccccc2F)CC1. The maximum absolute atomic E-state index is 14.2. The van der Waals surface area contributed by atoms with Crippen LogP contribution in [0, 0.1) is 11.2 Å². The van der Waals surface area contributed by atoms with Crippen LogP contribution in [0.1, 0.15) is 37.7 Å². The fourth-order valence-corrected chi connectivity index (χ4v) is 4.09. The zero-order valence-corrected chi connectivity index (χ0v) is 12.4.